The summed E-state index contributed by atoms with van der Waals surface area (Å²) in [5.41, 5.74) is 2.29. The summed E-state index contributed by atoms with van der Waals surface area (Å²) in [6.45, 7) is 4.67. The van der Waals surface area contributed by atoms with E-state index < -0.39 is 0 Å². The molecule has 0 aromatic heterocycles. The van der Waals surface area contributed by atoms with Crippen molar-refractivity contribution in [3.8, 4) is 5.75 Å². The highest BCUT2D eigenvalue weighted by atomic mass is 35.5. The molecule has 2 aliphatic rings. The number of ether oxygens (including phenoxy) is 1. The van der Waals surface area contributed by atoms with Crippen LogP contribution in [0.25, 0.3) is 0 Å². The van der Waals surface area contributed by atoms with E-state index in [1.807, 2.05) is 24.0 Å². The Kier molecular flexibility index (Phi) is 5.11. The zero-order chi connectivity index (χ0) is 19.0. The molecule has 4 rings (SSSR count). The van der Waals surface area contributed by atoms with Crippen molar-refractivity contribution in [2.75, 3.05) is 33.3 Å². The number of fused-ring (bicyclic) bond motifs is 1. The van der Waals surface area contributed by atoms with Crippen LogP contribution in [-0.2, 0) is 4.79 Å². The lowest BCUT2D eigenvalue weighted by Gasteiger charge is -2.27. The first-order valence-corrected chi connectivity index (χ1v) is 9.82. The van der Waals surface area contributed by atoms with Crippen molar-refractivity contribution in [1.29, 1.82) is 0 Å². The van der Waals surface area contributed by atoms with Gasteiger partial charge in [-0.05, 0) is 49.2 Å². The second kappa shape index (κ2) is 7.53. The number of rotatable bonds is 4. The van der Waals surface area contributed by atoms with Gasteiger partial charge >= 0.3 is 0 Å². The third kappa shape index (κ3) is 3.69. The molecule has 5 heteroatoms. The number of halogens is 1. The molecule has 3 atom stereocenters. The Morgan fingerprint density at radius 3 is 2.67 bits per heavy atom. The van der Waals surface area contributed by atoms with Crippen LogP contribution in [0, 0.1) is 18.8 Å². The van der Waals surface area contributed by atoms with Gasteiger partial charge in [-0.3, -0.25) is 9.69 Å². The van der Waals surface area contributed by atoms with Gasteiger partial charge in [-0.2, -0.15) is 0 Å². The molecule has 142 valence electrons. The molecule has 2 heterocycles. The highest BCUT2D eigenvalue weighted by Crippen LogP contribution is 2.43. The first kappa shape index (κ1) is 18.3. The fourth-order valence-corrected chi connectivity index (χ4v) is 4.85. The summed E-state index contributed by atoms with van der Waals surface area (Å²) in [5, 5.41) is 0.676. The Bertz CT molecular complexity index is 826. The minimum atomic E-state index is 0.0632. The minimum Gasteiger partial charge on any atom is -0.483 e. The molecule has 1 amide bonds. The van der Waals surface area contributed by atoms with Gasteiger partial charge in [-0.1, -0.05) is 41.9 Å². The smallest absolute Gasteiger partial charge is 0.260 e. The lowest BCUT2D eigenvalue weighted by atomic mass is 9.90. The maximum absolute atomic E-state index is 12.7. The van der Waals surface area contributed by atoms with Gasteiger partial charge in [-0.15, -0.1) is 0 Å². The summed E-state index contributed by atoms with van der Waals surface area (Å²) < 4.78 is 5.76. The molecule has 0 bridgehead atoms. The van der Waals surface area contributed by atoms with E-state index in [1.165, 1.54) is 5.56 Å². The fraction of sp³-hybridized carbons (Fsp3) is 0.409. The van der Waals surface area contributed by atoms with Gasteiger partial charge in [0.1, 0.15) is 5.75 Å². The standard InChI is InChI=1S/C22H25ClN2O2/c1-15-10-18(23)8-9-20(15)27-14-21(26)25-12-17-11-24(2)22(19(17)13-25)16-6-4-3-5-7-16/h3-10,17,19,22H,11-14H2,1-2H3/t17-,19+,22-/m0/s1. The molecule has 2 aliphatic heterocycles. The summed E-state index contributed by atoms with van der Waals surface area (Å²) in [5.74, 6) is 1.79. The van der Waals surface area contributed by atoms with Crippen molar-refractivity contribution in [1.82, 2.24) is 9.80 Å². The minimum absolute atomic E-state index is 0.0632. The van der Waals surface area contributed by atoms with Crippen LogP contribution in [0.2, 0.25) is 5.02 Å². The Hall–Kier alpha value is -2.04. The Balaban J connectivity index is 1.40. The first-order chi connectivity index (χ1) is 13.0. The number of amides is 1. The monoisotopic (exact) mass is 384 g/mol. The highest BCUT2D eigenvalue weighted by Gasteiger charge is 2.47. The molecular formula is C22H25ClN2O2. The van der Waals surface area contributed by atoms with E-state index in [2.05, 4.69) is 42.3 Å². The third-order valence-corrected chi connectivity index (χ3v) is 6.11. The topological polar surface area (TPSA) is 32.8 Å². The quantitative estimate of drug-likeness (QED) is 0.804. The van der Waals surface area contributed by atoms with Gasteiger partial charge < -0.3 is 9.64 Å². The molecule has 27 heavy (non-hydrogen) atoms. The summed E-state index contributed by atoms with van der Waals surface area (Å²) >= 11 is 5.98. The number of aryl methyl sites for hydroxylation is 1. The number of hydrogen-bond donors (Lipinski definition) is 0. The van der Waals surface area contributed by atoms with Crippen LogP contribution in [-0.4, -0.2) is 49.0 Å². The molecule has 2 aromatic rings. The maximum atomic E-state index is 12.7. The van der Waals surface area contributed by atoms with Crippen LogP contribution in [0.5, 0.6) is 5.75 Å². The highest BCUT2D eigenvalue weighted by molar-refractivity contribution is 6.30. The first-order valence-electron chi connectivity index (χ1n) is 9.45. The molecule has 0 aliphatic carbocycles. The molecular weight excluding hydrogens is 360 g/mol. The predicted octanol–water partition coefficient (Wildman–Crippen LogP) is 3.79. The van der Waals surface area contributed by atoms with E-state index in [-0.39, 0.29) is 12.5 Å². The maximum Gasteiger partial charge on any atom is 0.260 e. The zero-order valence-electron chi connectivity index (χ0n) is 15.8. The van der Waals surface area contributed by atoms with Gasteiger partial charge in [0, 0.05) is 36.6 Å². The van der Waals surface area contributed by atoms with Gasteiger partial charge in [0.15, 0.2) is 6.61 Å². The van der Waals surface area contributed by atoms with Crippen LogP contribution in [0.15, 0.2) is 48.5 Å². The van der Waals surface area contributed by atoms with Crippen LogP contribution >= 0.6 is 11.6 Å². The molecule has 0 radical (unpaired) electrons. The molecule has 0 spiro atoms. The average Bonchev–Trinajstić information content (AvgIpc) is 3.18. The predicted molar refractivity (Wildman–Crippen MR) is 107 cm³/mol. The summed E-state index contributed by atoms with van der Waals surface area (Å²) in [6, 6.07) is 16.5. The second-order valence-electron chi connectivity index (χ2n) is 7.72. The van der Waals surface area contributed by atoms with Crippen molar-refractivity contribution in [3.63, 3.8) is 0 Å². The number of hydrogen-bond acceptors (Lipinski definition) is 3. The van der Waals surface area contributed by atoms with Gasteiger partial charge in [0.2, 0.25) is 0 Å². The van der Waals surface area contributed by atoms with Crippen molar-refractivity contribution in [2.24, 2.45) is 11.8 Å². The van der Waals surface area contributed by atoms with E-state index >= 15 is 0 Å². The van der Waals surface area contributed by atoms with Gasteiger partial charge in [0.05, 0.1) is 0 Å². The van der Waals surface area contributed by atoms with Crippen molar-refractivity contribution in [3.05, 3.63) is 64.7 Å². The number of nitrogens with zero attached hydrogens (tertiary/aromatic N) is 2. The molecule has 2 saturated heterocycles. The van der Waals surface area contributed by atoms with Crippen LogP contribution in [0.3, 0.4) is 0 Å². The zero-order valence-corrected chi connectivity index (χ0v) is 16.5. The molecule has 2 fully saturated rings. The van der Waals surface area contributed by atoms with E-state index in [1.54, 1.807) is 6.07 Å². The Morgan fingerprint density at radius 1 is 1.15 bits per heavy atom. The van der Waals surface area contributed by atoms with Crippen molar-refractivity contribution < 1.29 is 9.53 Å². The van der Waals surface area contributed by atoms with Crippen LogP contribution in [0.4, 0.5) is 0 Å². The summed E-state index contributed by atoms with van der Waals surface area (Å²) in [7, 11) is 2.19. The SMILES string of the molecule is Cc1cc(Cl)ccc1OCC(=O)N1C[C@@H]2CN(C)[C@@H](c3ccccc3)[C@@H]2C1. The van der Waals surface area contributed by atoms with Crippen molar-refractivity contribution >= 4 is 17.5 Å². The Labute approximate surface area is 165 Å². The number of carbonyl (C=O) groups is 1. The Morgan fingerprint density at radius 2 is 1.93 bits per heavy atom. The normalized spacial score (nSPS) is 24.9. The summed E-state index contributed by atoms with van der Waals surface area (Å²) in [6.07, 6.45) is 0. The van der Waals surface area contributed by atoms with E-state index in [4.69, 9.17) is 16.3 Å². The van der Waals surface area contributed by atoms with E-state index in [9.17, 15) is 4.79 Å². The second-order valence-corrected chi connectivity index (χ2v) is 8.15. The van der Waals surface area contributed by atoms with Crippen LogP contribution in [0.1, 0.15) is 17.2 Å². The van der Waals surface area contributed by atoms with Crippen LogP contribution < -0.4 is 4.74 Å². The molecule has 4 nitrogen and oxygen atoms in total. The number of carbonyl (C=O) groups excluding carboxylic acids is 1. The molecule has 0 unspecified atom stereocenters. The molecule has 0 saturated carbocycles. The lowest BCUT2D eigenvalue weighted by molar-refractivity contribution is -0.132. The van der Waals surface area contributed by atoms with Crippen molar-refractivity contribution in [2.45, 2.75) is 13.0 Å². The largest absolute Gasteiger partial charge is 0.483 e. The third-order valence-electron chi connectivity index (χ3n) is 5.88. The number of likely N-dealkylation sites (tertiary alicyclic amines) is 2. The summed E-state index contributed by atoms with van der Waals surface area (Å²) in [4.78, 5) is 17.1. The molecule has 0 N–H and O–H groups in total. The van der Waals surface area contributed by atoms with Gasteiger partial charge in [0.25, 0.3) is 5.91 Å². The van der Waals surface area contributed by atoms with Gasteiger partial charge in [-0.25, -0.2) is 0 Å². The average molecular weight is 385 g/mol. The fourth-order valence-electron chi connectivity index (χ4n) is 4.62. The number of benzene rings is 2. The lowest BCUT2D eigenvalue weighted by Crippen LogP contribution is -2.36. The van der Waals surface area contributed by atoms with E-state index in [0.29, 0.717) is 28.6 Å². The van der Waals surface area contributed by atoms with E-state index in [0.717, 1.165) is 25.2 Å². The molecule has 2 aromatic carbocycles.